The molecule has 0 amide bonds. The molecule has 0 aromatic heterocycles. The molecular formula is C20H33N3O2. The molecule has 1 aliphatic rings. The first-order chi connectivity index (χ1) is 12.1. The molecule has 0 aliphatic carbocycles. The van der Waals surface area contributed by atoms with Crippen molar-refractivity contribution in [2.45, 2.75) is 39.7 Å². The number of methoxy groups -OCH3 is 1. The topological polar surface area (TPSA) is 46.1 Å². The summed E-state index contributed by atoms with van der Waals surface area (Å²) in [6.07, 6.45) is 3.57. The Balaban J connectivity index is 1.94. The van der Waals surface area contributed by atoms with Crippen molar-refractivity contribution in [2.75, 3.05) is 40.5 Å². The van der Waals surface area contributed by atoms with Gasteiger partial charge in [0.25, 0.3) is 0 Å². The molecule has 1 aromatic carbocycles. The third kappa shape index (κ3) is 6.24. The summed E-state index contributed by atoms with van der Waals surface area (Å²) in [5.41, 5.74) is 2.31. The number of hydrogen-bond donors (Lipinski definition) is 1. The minimum atomic E-state index is 0.653. The molecular weight excluding hydrogens is 314 g/mol. The Morgan fingerprint density at radius 2 is 2.12 bits per heavy atom. The first-order valence-corrected chi connectivity index (χ1v) is 9.34. The van der Waals surface area contributed by atoms with Gasteiger partial charge in [-0.25, -0.2) is 4.99 Å². The molecule has 0 radical (unpaired) electrons. The van der Waals surface area contributed by atoms with Crippen LogP contribution in [0.5, 0.6) is 5.75 Å². The summed E-state index contributed by atoms with van der Waals surface area (Å²) in [5.74, 6) is 2.67. The van der Waals surface area contributed by atoms with Crippen LogP contribution in [0.3, 0.4) is 0 Å². The van der Waals surface area contributed by atoms with E-state index < -0.39 is 0 Å². The largest absolute Gasteiger partial charge is 0.496 e. The second kappa shape index (κ2) is 10.3. The van der Waals surface area contributed by atoms with Gasteiger partial charge in [0.15, 0.2) is 5.96 Å². The third-order valence-corrected chi connectivity index (χ3v) is 4.79. The Hall–Kier alpha value is -1.75. The van der Waals surface area contributed by atoms with E-state index in [4.69, 9.17) is 14.5 Å². The highest BCUT2D eigenvalue weighted by atomic mass is 16.5. The highest BCUT2D eigenvalue weighted by molar-refractivity contribution is 5.79. The van der Waals surface area contributed by atoms with E-state index in [1.54, 1.807) is 7.11 Å². The second-order valence-electron chi connectivity index (χ2n) is 6.74. The molecule has 1 N–H and O–H groups in total. The maximum absolute atomic E-state index is 5.45. The number of hydrogen-bond acceptors (Lipinski definition) is 3. The van der Waals surface area contributed by atoms with E-state index in [1.165, 1.54) is 19.3 Å². The number of nitrogens with zero attached hydrogens (tertiary/aromatic N) is 2. The van der Waals surface area contributed by atoms with Gasteiger partial charge in [0.1, 0.15) is 5.75 Å². The van der Waals surface area contributed by atoms with Gasteiger partial charge in [0, 0.05) is 33.4 Å². The van der Waals surface area contributed by atoms with Gasteiger partial charge in [0.2, 0.25) is 0 Å². The molecule has 25 heavy (non-hydrogen) atoms. The Kier molecular flexibility index (Phi) is 8.06. The summed E-state index contributed by atoms with van der Waals surface area (Å²) >= 11 is 0. The first-order valence-electron chi connectivity index (χ1n) is 9.34. The molecule has 5 heteroatoms. The summed E-state index contributed by atoms with van der Waals surface area (Å²) in [4.78, 5) is 7.04. The lowest BCUT2D eigenvalue weighted by Gasteiger charge is -2.26. The summed E-state index contributed by atoms with van der Waals surface area (Å²) in [7, 11) is 3.83. The van der Waals surface area contributed by atoms with Crippen molar-refractivity contribution in [1.82, 2.24) is 10.2 Å². The van der Waals surface area contributed by atoms with Crippen molar-refractivity contribution in [3.8, 4) is 5.75 Å². The van der Waals surface area contributed by atoms with E-state index >= 15 is 0 Å². The van der Waals surface area contributed by atoms with E-state index in [-0.39, 0.29) is 0 Å². The van der Waals surface area contributed by atoms with Crippen LogP contribution in [0.15, 0.2) is 23.2 Å². The Labute approximate surface area is 152 Å². The quantitative estimate of drug-likeness (QED) is 0.608. The molecule has 5 nitrogen and oxygen atoms in total. The monoisotopic (exact) mass is 347 g/mol. The minimum Gasteiger partial charge on any atom is -0.496 e. The lowest BCUT2D eigenvalue weighted by molar-refractivity contribution is 0.0625. The van der Waals surface area contributed by atoms with Crippen LogP contribution in [0.4, 0.5) is 0 Å². The van der Waals surface area contributed by atoms with Crippen molar-refractivity contribution in [1.29, 1.82) is 0 Å². The standard InChI is InChI=1S/C20H33N3O2/c1-5-21-20(23(3)11-8-17-9-12-25-13-10-17)22-15-18-7-6-16(2)19(14-18)24-4/h6-7,14,17H,5,8-13,15H2,1-4H3,(H,21,22). The Morgan fingerprint density at radius 1 is 1.36 bits per heavy atom. The van der Waals surface area contributed by atoms with Crippen LogP contribution in [-0.2, 0) is 11.3 Å². The fourth-order valence-corrected chi connectivity index (χ4v) is 3.12. The predicted molar refractivity (Wildman–Crippen MR) is 103 cm³/mol. The van der Waals surface area contributed by atoms with Gasteiger partial charge in [-0.2, -0.15) is 0 Å². The van der Waals surface area contributed by atoms with Crippen molar-refractivity contribution < 1.29 is 9.47 Å². The molecule has 0 atom stereocenters. The molecule has 140 valence electrons. The Bertz CT molecular complexity index is 554. The molecule has 1 saturated heterocycles. The van der Waals surface area contributed by atoms with Crippen LogP contribution in [0, 0.1) is 12.8 Å². The molecule has 1 aliphatic heterocycles. The number of nitrogens with one attached hydrogen (secondary N) is 1. The third-order valence-electron chi connectivity index (χ3n) is 4.79. The van der Waals surface area contributed by atoms with Gasteiger partial charge in [-0.1, -0.05) is 12.1 Å². The van der Waals surface area contributed by atoms with Crippen molar-refractivity contribution in [3.05, 3.63) is 29.3 Å². The smallest absolute Gasteiger partial charge is 0.193 e. The SMILES string of the molecule is CCNC(=NCc1ccc(C)c(OC)c1)N(C)CCC1CCOCC1. The number of ether oxygens (including phenoxy) is 2. The predicted octanol–water partition coefficient (Wildman–Crippen LogP) is 3.22. The van der Waals surface area contributed by atoms with E-state index in [0.717, 1.165) is 55.1 Å². The van der Waals surface area contributed by atoms with E-state index in [2.05, 4.69) is 49.3 Å². The van der Waals surface area contributed by atoms with Gasteiger partial charge < -0.3 is 19.7 Å². The summed E-state index contributed by atoms with van der Waals surface area (Å²) in [6, 6.07) is 6.28. The highest BCUT2D eigenvalue weighted by Crippen LogP contribution is 2.20. The number of aryl methyl sites for hydroxylation is 1. The summed E-state index contributed by atoms with van der Waals surface area (Å²) < 4.78 is 10.9. The number of guanidine groups is 1. The van der Waals surface area contributed by atoms with Gasteiger partial charge >= 0.3 is 0 Å². The molecule has 1 fully saturated rings. The number of benzene rings is 1. The molecule has 2 rings (SSSR count). The average Bonchev–Trinajstić information content (AvgIpc) is 2.65. The molecule has 1 heterocycles. The molecule has 0 spiro atoms. The average molecular weight is 348 g/mol. The van der Waals surface area contributed by atoms with Crippen LogP contribution in [0.1, 0.15) is 37.3 Å². The zero-order valence-corrected chi connectivity index (χ0v) is 16.2. The zero-order chi connectivity index (χ0) is 18.1. The molecule has 0 unspecified atom stereocenters. The lowest BCUT2D eigenvalue weighted by Crippen LogP contribution is -2.40. The first kappa shape index (κ1) is 19.6. The normalized spacial score (nSPS) is 15.9. The van der Waals surface area contributed by atoms with E-state index in [0.29, 0.717) is 6.54 Å². The fourth-order valence-electron chi connectivity index (χ4n) is 3.12. The van der Waals surface area contributed by atoms with Crippen molar-refractivity contribution in [3.63, 3.8) is 0 Å². The van der Waals surface area contributed by atoms with Gasteiger partial charge in [-0.15, -0.1) is 0 Å². The van der Waals surface area contributed by atoms with Crippen molar-refractivity contribution in [2.24, 2.45) is 10.9 Å². The highest BCUT2D eigenvalue weighted by Gasteiger charge is 2.15. The number of rotatable bonds is 7. The second-order valence-corrected chi connectivity index (χ2v) is 6.74. The van der Waals surface area contributed by atoms with Crippen LogP contribution in [0.2, 0.25) is 0 Å². The Morgan fingerprint density at radius 3 is 2.80 bits per heavy atom. The minimum absolute atomic E-state index is 0.653. The maximum atomic E-state index is 5.45. The van der Waals surface area contributed by atoms with Crippen LogP contribution in [0.25, 0.3) is 0 Å². The molecule has 0 saturated carbocycles. The zero-order valence-electron chi connectivity index (χ0n) is 16.2. The molecule has 0 bridgehead atoms. The van der Waals surface area contributed by atoms with Crippen LogP contribution >= 0.6 is 0 Å². The van der Waals surface area contributed by atoms with E-state index in [9.17, 15) is 0 Å². The van der Waals surface area contributed by atoms with Gasteiger partial charge in [0.05, 0.1) is 13.7 Å². The van der Waals surface area contributed by atoms with Crippen LogP contribution in [-0.4, -0.2) is 51.3 Å². The van der Waals surface area contributed by atoms with Crippen LogP contribution < -0.4 is 10.1 Å². The van der Waals surface area contributed by atoms with Gasteiger partial charge in [-0.05, 0) is 56.2 Å². The maximum Gasteiger partial charge on any atom is 0.193 e. The van der Waals surface area contributed by atoms with Crippen molar-refractivity contribution >= 4 is 5.96 Å². The van der Waals surface area contributed by atoms with E-state index in [1.807, 2.05) is 0 Å². The molecule has 1 aromatic rings. The fraction of sp³-hybridized carbons (Fsp3) is 0.650. The number of aliphatic imine (C=N–C) groups is 1. The lowest BCUT2D eigenvalue weighted by atomic mass is 9.96. The summed E-state index contributed by atoms with van der Waals surface area (Å²) in [6.45, 7) is 8.54. The summed E-state index contributed by atoms with van der Waals surface area (Å²) in [5, 5.41) is 3.40. The van der Waals surface area contributed by atoms with Gasteiger partial charge in [-0.3, -0.25) is 0 Å².